The van der Waals surface area contributed by atoms with Gasteiger partial charge in [0.15, 0.2) is 34.9 Å². The lowest BCUT2D eigenvalue weighted by molar-refractivity contribution is -0.156. The summed E-state index contributed by atoms with van der Waals surface area (Å²) >= 11 is 6.10. The minimum Gasteiger partial charge on any atom is -0.479 e. The van der Waals surface area contributed by atoms with Crippen LogP contribution in [0.4, 0.5) is 5.82 Å². The van der Waals surface area contributed by atoms with Crippen LogP contribution in [0.3, 0.4) is 0 Å². The Balaban J connectivity index is 1.58. The Bertz CT molecular complexity index is 1300. The van der Waals surface area contributed by atoms with Gasteiger partial charge in [0.2, 0.25) is 5.28 Å². The molecule has 3 aromatic heterocycles. The number of carbonyl (C=O) groups is 1. The maximum Gasteiger partial charge on any atom is 0.333 e. The smallest absolute Gasteiger partial charge is 0.333 e. The zero-order chi connectivity index (χ0) is 26.2. The molecule has 14 heteroatoms. The Kier molecular flexibility index (Phi) is 7.17. The molecule has 0 aromatic carbocycles. The fraction of sp³-hybridized carbons (Fsp3) is 0.500. The monoisotopic (exact) mass is 520 g/mol. The number of nitrogens with zero attached hydrogens (tertiary/aromatic N) is 5. The number of aliphatic hydroxyl groups excluding tert-OH is 1. The average Bonchev–Trinajstić information content (AvgIpc) is 3.48. The first-order valence-corrected chi connectivity index (χ1v) is 11.4. The Labute approximate surface area is 210 Å². The van der Waals surface area contributed by atoms with Crippen LogP contribution in [0, 0.1) is 19.3 Å². The lowest BCUT2D eigenvalue weighted by Gasteiger charge is -2.26. The molecule has 0 aliphatic carbocycles. The Hall–Kier alpha value is -3.28. The molecule has 0 bridgehead atoms. The number of nitrogens with one attached hydrogen (secondary N) is 1. The number of aryl methyl sites for hydroxylation is 1. The van der Waals surface area contributed by atoms with E-state index in [1.165, 1.54) is 10.9 Å². The molecule has 4 heterocycles. The number of halogens is 1. The number of hydrogen-bond donors (Lipinski definition) is 4. The number of terminal acetylenes is 1. The third-order valence-electron chi connectivity index (χ3n) is 5.64. The number of aliphatic carboxylic acids is 1. The minimum atomic E-state index is -2.20. The number of anilines is 1. The van der Waals surface area contributed by atoms with Crippen LogP contribution in [0.25, 0.3) is 11.2 Å². The van der Waals surface area contributed by atoms with Crippen LogP contribution >= 0.6 is 11.6 Å². The number of hydrogen-bond acceptors (Lipinski definition) is 11. The number of ether oxygens (including phenoxy) is 2. The van der Waals surface area contributed by atoms with Gasteiger partial charge in [-0.1, -0.05) is 11.1 Å². The number of carboxylic acid groups (broad SMARTS) is 1. The number of aliphatic hydroxyl groups is 2. The summed E-state index contributed by atoms with van der Waals surface area (Å²) in [7, 11) is 0. The SMILES string of the molecule is C#C[C@@]1(O)[C@@H](COC(Cc2cc(C)on2)C(=O)O)O[C@@H](n2cnc3c(NC(C)C)nc(Cl)nc32)[C@@H]1O. The standard InChI is InChI=1S/C22H25ClN6O7/c1-5-22(33)14(8-34-13(20(31)32)7-12-6-11(4)36-28-12)35-19(16(22)30)29-9-24-15-17(25-10(2)3)26-21(23)27-18(15)29/h1,6,9-10,13-14,16,19,30,33H,7-8H2,2-4H3,(H,31,32)(H,25,26,27)/t13?,14-,16+,19-,22-/m1/s1. The number of rotatable bonds is 9. The molecule has 1 unspecified atom stereocenters. The predicted molar refractivity (Wildman–Crippen MR) is 125 cm³/mol. The third kappa shape index (κ3) is 4.86. The highest BCUT2D eigenvalue weighted by Crippen LogP contribution is 2.39. The highest BCUT2D eigenvalue weighted by atomic mass is 35.5. The van der Waals surface area contributed by atoms with E-state index in [1.807, 2.05) is 13.8 Å². The maximum absolute atomic E-state index is 11.7. The quantitative estimate of drug-likeness (QED) is 0.232. The molecule has 13 nitrogen and oxygen atoms in total. The van der Waals surface area contributed by atoms with E-state index in [0.717, 1.165) is 0 Å². The fourth-order valence-electron chi connectivity index (χ4n) is 3.89. The first kappa shape index (κ1) is 25.8. The van der Waals surface area contributed by atoms with E-state index in [-0.39, 0.29) is 23.4 Å². The van der Waals surface area contributed by atoms with Crippen molar-refractivity contribution < 1.29 is 34.1 Å². The molecule has 1 fully saturated rings. The zero-order valence-corrected chi connectivity index (χ0v) is 20.4. The van der Waals surface area contributed by atoms with E-state index >= 15 is 0 Å². The van der Waals surface area contributed by atoms with E-state index < -0.39 is 42.7 Å². The van der Waals surface area contributed by atoms with Crippen molar-refractivity contribution in [3.05, 3.63) is 29.1 Å². The summed E-state index contributed by atoms with van der Waals surface area (Å²) in [6.45, 7) is 5.06. The van der Waals surface area contributed by atoms with E-state index in [2.05, 4.69) is 31.3 Å². The van der Waals surface area contributed by atoms with Gasteiger partial charge in [-0.25, -0.2) is 9.78 Å². The van der Waals surface area contributed by atoms with E-state index in [9.17, 15) is 20.1 Å². The topological polar surface area (TPSA) is 178 Å². The molecule has 0 radical (unpaired) electrons. The minimum absolute atomic E-state index is 0.0223. The highest BCUT2D eigenvalue weighted by Gasteiger charge is 2.56. The summed E-state index contributed by atoms with van der Waals surface area (Å²) in [6, 6.07) is 1.61. The van der Waals surface area contributed by atoms with Gasteiger partial charge in [-0.3, -0.25) is 4.57 Å². The van der Waals surface area contributed by atoms with Crippen molar-refractivity contribution in [3.8, 4) is 12.3 Å². The van der Waals surface area contributed by atoms with E-state index in [1.54, 1.807) is 13.0 Å². The van der Waals surface area contributed by atoms with Crippen LogP contribution in [0.1, 0.15) is 31.5 Å². The molecule has 1 saturated heterocycles. The Morgan fingerprint density at radius 2 is 2.19 bits per heavy atom. The van der Waals surface area contributed by atoms with Crippen molar-refractivity contribution in [1.29, 1.82) is 0 Å². The van der Waals surface area contributed by atoms with Crippen molar-refractivity contribution in [1.82, 2.24) is 24.7 Å². The maximum atomic E-state index is 11.7. The van der Waals surface area contributed by atoms with Crippen LogP contribution in [0.2, 0.25) is 5.28 Å². The van der Waals surface area contributed by atoms with Gasteiger partial charge in [-0.2, -0.15) is 9.97 Å². The lowest BCUT2D eigenvalue weighted by atomic mass is 9.93. The normalized spacial score (nSPS) is 24.8. The number of fused-ring (bicyclic) bond motifs is 1. The fourth-order valence-corrected chi connectivity index (χ4v) is 4.06. The van der Waals surface area contributed by atoms with E-state index in [4.69, 9.17) is 32.0 Å². The number of aromatic nitrogens is 5. The molecule has 1 aliphatic heterocycles. The van der Waals surface area contributed by atoms with Gasteiger partial charge in [0.05, 0.1) is 18.6 Å². The molecule has 3 aromatic rings. The van der Waals surface area contributed by atoms with Crippen molar-refractivity contribution >= 4 is 34.6 Å². The van der Waals surface area contributed by atoms with Crippen LogP contribution < -0.4 is 5.32 Å². The summed E-state index contributed by atoms with van der Waals surface area (Å²) < 4.78 is 17.7. The molecule has 4 rings (SSSR count). The van der Waals surface area contributed by atoms with Crippen LogP contribution in [0.15, 0.2) is 16.9 Å². The summed E-state index contributed by atoms with van der Waals surface area (Å²) in [5.41, 5.74) is -1.23. The summed E-state index contributed by atoms with van der Waals surface area (Å²) in [5.74, 6) is 1.80. The largest absolute Gasteiger partial charge is 0.479 e. The van der Waals surface area contributed by atoms with Crippen LogP contribution in [0.5, 0.6) is 0 Å². The molecule has 0 saturated carbocycles. The summed E-state index contributed by atoms with van der Waals surface area (Å²) in [6.07, 6.45) is 1.33. The third-order valence-corrected chi connectivity index (χ3v) is 5.81. The predicted octanol–water partition coefficient (Wildman–Crippen LogP) is 0.932. The highest BCUT2D eigenvalue weighted by molar-refractivity contribution is 6.28. The average molecular weight is 521 g/mol. The van der Waals surface area contributed by atoms with Crippen molar-refractivity contribution in [2.75, 3.05) is 11.9 Å². The van der Waals surface area contributed by atoms with Crippen molar-refractivity contribution in [2.24, 2.45) is 0 Å². The van der Waals surface area contributed by atoms with E-state index in [0.29, 0.717) is 22.8 Å². The van der Waals surface area contributed by atoms with Crippen LogP contribution in [-0.2, 0) is 20.7 Å². The van der Waals surface area contributed by atoms with Crippen LogP contribution in [-0.4, -0.2) is 82.5 Å². The lowest BCUT2D eigenvalue weighted by Crippen LogP contribution is -2.48. The Morgan fingerprint density at radius 3 is 2.81 bits per heavy atom. The van der Waals surface area contributed by atoms with Gasteiger partial charge in [0, 0.05) is 18.5 Å². The first-order chi connectivity index (χ1) is 17.0. The van der Waals surface area contributed by atoms with Crippen molar-refractivity contribution in [2.45, 2.75) is 63.4 Å². The molecule has 192 valence electrons. The zero-order valence-electron chi connectivity index (χ0n) is 19.6. The van der Waals surface area contributed by atoms with Gasteiger partial charge in [-0.15, -0.1) is 6.42 Å². The number of imidazole rings is 1. The molecule has 1 aliphatic rings. The second-order valence-electron chi connectivity index (χ2n) is 8.69. The van der Waals surface area contributed by atoms with Gasteiger partial charge < -0.3 is 34.6 Å². The first-order valence-electron chi connectivity index (χ1n) is 11.0. The van der Waals surface area contributed by atoms with Gasteiger partial charge in [-0.05, 0) is 32.4 Å². The molecule has 0 spiro atoms. The Morgan fingerprint density at radius 1 is 1.44 bits per heavy atom. The molecule has 5 atom stereocenters. The second kappa shape index (κ2) is 10.00. The molecule has 4 N–H and O–H groups in total. The van der Waals surface area contributed by atoms with Gasteiger partial charge in [0.1, 0.15) is 18.0 Å². The molecular formula is C22H25ClN6O7. The molecule has 36 heavy (non-hydrogen) atoms. The molecule has 0 amide bonds. The summed E-state index contributed by atoms with van der Waals surface area (Å²) in [4.78, 5) is 24.4. The number of carboxylic acids is 1. The summed E-state index contributed by atoms with van der Waals surface area (Å²) in [5, 5.41) is 38.4. The van der Waals surface area contributed by atoms with Gasteiger partial charge >= 0.3 is 5.97 Å². The van der Waals surface area contributed by atoms with Gasteiger partial charge in [0.25, 0.3) is 0 Å². The second-order valence-corrected chi connectivity index (χ2v) is 9.03. The molecular weight excluding hydrogens is 496 g/mol. The van der Waals surface area contributed by atoms with Crippen molar-refractivity contribution in [3.63, 3.8) is 0 Å².